The summed E-state index contributed by atoms with van der Waals surface area (Å²) in [6.45, 7) is 8.46. The van der Waals surface area contributed by atoms with Crippen LogP contribution >= 0.6 is 0 Å². The summed E-state index contributed by atoms with van der Waals surface area (Å²) in [6.07, 6.45) is 3.08. The summed E-state index contributed by atoms with van der Waals surface area (Å²) < 4.78 is 5.30. The molecule has 154 valence electrons. The van der Waals surface area contributed by atoms with Gasteiger partial charge in [0.05, 0.1) is 16.7 Å². The molecule has 0 atom stereocenters. The highest BCUT2D eigenvalue weighted by molar-refractivity contribution is 5.88. The van der Waals surface area contributed by atoms with Gasteiger partial charge in [0.1, 0.15) is 5.76 Å². The predicted octanol–water partition coefficient (Wildman–Crippen LogP) is 5.49. The predicted molar refractivity (Wildman–Crippen MR) is 121 cm³/mol. The Balaban J connectivity index is 0.000000181. The number of hydrogen-bond acceptors (Lipinski definition) is 3. The van der Waals surface area contributed by atoms with Gasteiger partial charge in [-0.3, -0.25) is 0 Å². The van der Waals surface area contributed by atoms with Gasteiger partial charge in [-0.25, -0.2) is 4.79 Å². The van der Waals surface area contributed by atoms with Crippen molar-refractivity contribution in [3.63, 3.8) is 0 Å². The molecule has 5 aromatic rings. The molecular weight excluding hydrogens is 376 g/mol. The Bertz CT molecular complexity index is 1300. The molecule has 0 fully saturated rings. The maximum Gasteiger partial charge on any atom is 0.323 e. The van der Waals surface area contributed by atoms with Gasteiger partial charge in [0.15, 0.2) is 0 Å². The van der Waals surface area contributed by atoms with Crippen molar-refractivity contribution in [3.8, 4) is 11.1 Å². The molecule has 0 spiro atoms. The second-order valence-corrected chi connectivity index (χ2v) is 8.00. The lowest BCUT2D eigenvalue weighted by Crippen LogP contribution is -1.99. The molecule has 2 aromatic carbocycles. The molecule has 0 bridgehead atoms. The normalized spacial score (nSPS) is 11.2. The molecule has 0 aliphatic heterocycles. The van der Waals surface area contributed by atoms with Gasteiger partial charge < -0.3 is 19.5 Å². The molecule has 30 heavy (non-hydrogen) atoms. The molecule has 0 radical (unpaired) electrons. The second-order valence-electron chi connectivity index (χ2n) is 8.00. The number of aromatic nitrogens is 4. The Morgan fingerprint density at radius 2 is 1.70 bits per heavy atom. The van der Waals surface area contributed by atoms with Gasteiger partial charge >= 0.3 is 5.69 Å². The van der Waals surface area contributed by atoms with E-state index in [0.717, 1.165) is 34.5 Å². The zero-order valence-corrected chi connectivity index (χ0v) is 17.7. The number of rotatable bonds is 3. The highest BCUT2D eigenvalue weighted by atomic mass is 16.5. The first-order chi connectivity index (χ1) is 14.4. The number of nitrogens with zero attached hydrogens (tertiary/aromatic N) is 1. The Labute approximate surface area is 174 Å². The zero-order chi connectivity index (χ0) is 21.3. The average molecular weight is 402 g/mol. The van der Waals surface area contributed by atoms with Crippen LogP contribution < -0.4 is 5.69 Å². The first-order valence-electron chi connectivity index (χ1n) is 10.1. The average Bonchev–Trinajstić information content (AvgIpc) is 3.39. The fourth-order valence-electron chi connectivity index (χ4n) is 3.87. The smallest absolute Gasteiger partial charge is 0.323 e. The van der Waals surface area contributed by atoms with Crippen LogP contribution in [0.2, 0.25) is 0 Å². The van der Waals surface area contributed by atoms with E-state index < -0.39 is 0 Å². The number of H-pyrrole nitrogens is 3. The van der Waals surface area contributed by atoms with E-state index in [1.54, 1.807) is 0 Å². The van der Waals surface area contributed by atoms with Crippen LogP contribution in [-0.2, 0) is 6.42 Å². The minimum absolute atomic E-state index is 0.152. The van der Waals surface area contributed by atoms with Gasteiger partial charge in [-0.15, -0.1) is 0 Å². The molecule has 3 heterocycles. The standard InChI is InChI=1S/C17H20N2O.C7H6N2O/c1-10(2)7-13-8-14(9-16-15(13)5-6-18-16)17-11(3)19-20-12(17)4;10-7-8-5-3-1-2-4-6(5)9-7/h5-6,8-10,18H,7H2,1-4H3;1-4H,(H2,8,9,10). The van der Waals surface area contributed by atoms with Crippen LogP contribution in [0, 0.1) is 19.8 Å². The molecule has 0 saturated heterocycles. The van der Waals surface area contributed by atoms with Crippen molar-refractivity contribution in [1.29, 1.82) is 0 Å². The monoisotopic (exact) mass is 402 g/mol. The molecule has 0 unspecified atom stereocenters. The van der Waals surface area contributed by atoms with Crippen molar-refractivity contribution >= 4 is 21.9 Å². The first-order valence-corrected chi connectivity index (χ1v) is 10.1. The summed E-state index contributed by atoms with van der Waals surface area (Å²) in [7, 11) is 0. The van der Waals surface area contributed by atoms with Crippen LogP contribution in [0.15, 0.2) is 58.0 Å². The molecule has 0 aliphatic rings. The fourth-order valence-corrected chi connectivity index (χ4v) is 3.87. The summed E-state index contributed by atoms with van der Waals surface area (Å²) in [4.78, 5) is 19.3. The molecule has 0 saturated carbocycles. The van der Waals surface area contributed by atoms with Gasteiger partial charge in [-0.1, -0.05) is 37.2 Å². The van der Waals surface area contributed by atoms with Crippen molar-refractivity contribution in [2.45, 2.75) is 34.1 Å². The number of para-hydroxylation sites is 2. The Morgan fingerprint density at radius 1 is 1.00 bits per heavy atom. The van der Waals surface area contributed by atoms with E-state index in [1.165, 1.54) is 22.0 Å². The van der Waals surface area contributed by atoms with Crippen LogP contribution in [0.25, 0.3) is 33.1 Å². The van der Waals surface area contributed by atoms with E-state index in [1.807, 2.05) is 44.3 Å². The van der Waals surface area contributed by atoms with Crippen molar-refractivity contribution in [2.24, 2.45) is 5.92 Å². The summed E-state index contributed by atoms with van der Waals surface area (Å²) in [5.74, 6) is 1.51. The summed E-state index contributed by atoms with van der Waals surface area (Å²) >= 11 is 0. The maximum absolute atomic E-state index is 10.7. The lowest BCUT2D eigenvalue weighted by atomic mass is 9.94. The van der Waals surface area contributed by atoms with Crippen LogP contribution in [0.4, 0.5) is 0 Å². The topological polar surface area (TPSA) is 90.5 Å². The number of aryl methyl sites for hydroxylation is 2. The molecule has 6 heteroatoms. The van der Waals surface area contributed by atoms with E-state index in [-0.39, 0.29) is 5.69 Å². The minimum atomic E-state index is -0.152. The van der Waals surface area contributed by atoms with Gasteiger partial charge in [0.2, 0.25) is 0 Å². The molecular formula is C24H26N4O2. The molecule has 6 nitrogen and oxygen atoms in total. The Kier molecular flexibility index (Phi) is 5.31. The van der Waals surface area contributed by atoms with Gasteiger partial charge in [-0.05, 0) is 61.6 Å². The van der Waals surface area contributed by atoms with Crippen molar-refractivity contribution in [3.05, 3.63) is 76.2 Å². The number of benzene rings is 2. The van der Waals surface area contributed by atoms with E-state index >= 15 is 0 Å². The van der Waals surface area contributed by atoms with Crippen molar-refractivity contribution in [2.75, 3.05) is 0 Å². The third-order valence-corrected chi connectivity index (χ3v) is 5.13. The quantitative estimate of drug-likeness (QED) is 0.372. The second kappa shape index (κ2) is 8.06. The molecule has 3 aromatic heterocycles. The van der Waals surface area contributed by atoms with Crippen molar-refractivity contribution < 1.29 is 4.52 Å². The maximum atomic E-state index is 10.7. The summed E-state index contributed by atoms with van der Waals surface area (Å²) in [6, 6.07) is 14.1. The third kappa shape index (κ3) is 3.94. The largest absolute Gasteiger partial charge is 0.361 e. The molecule has 0 amide bonds. The fraction of sp³-hybridized carbons (Fsp3) is 0.250. The van der Waals surface area contributed by atoms with Crippen LogP contribution in [0.5, 0.6) is 0 Å². The SMILES string of the molecule is Cc1noc(C)c1-c1cc(CC(C)C)c2cc[nH]c2c1.O=c1[nH]c2ccccc2[nH]1. The summed E-state index contributed by atoms with van der Waals surface area (Å²) in [5, 5.41) is 5.38. The third-order valence-electron chi connectivity index (χ3n) is 5.13. The number of imidazole rings is 1. The Hall–Kier alpha value is -3.54. The first kappa shape index (κ1) is 19.8. The van der Waals surface area contributed by atoms with Crippen molar-refractivity contribution in [1.82, 2.24) is 20.1 Å². The highest BCUT2D eigenvalue weighted by Crippen LogP contribution is 2.32. The van der Waals surface area contributed by atoms with Gasteiger partial charge in [0.25, 0.3) is 0 Å². The minimum Gasteiger partial charge on any atom is -0.361 e. The number of aromatic amines is 3. The molecule has 5 rings (SSSR count). The molecule has 3 N–H and O–H groups in total. The van der Waals surface area contributed by atoms with E-state index in [2.05, 4.69) is 52.2 Å². The van der Waals surface area contributed by atoms with E-state index in [0.29, 0.717) is 5.92 Å². The summed E-state index contributed by atoms with van der Waals surface area (Å²) in [5.41, 5.74) is 7.37. The van der Waals surface area contributed by atoms with E-state index in [9.17, 15) is 4.79 Å². The zero-order valence-electron chi connectivity index (χ0n) is 17.7. The number of hydrogen-bond donors (Lipinski definition) is 3. The highest BCUT2D eigenvalue weighted by Gasteiger charge is 2.14. The lowest BCUT2D eigenvalue weighted by Gasteiger charge is -2.10. The Morgan fingerprint density at radius 3 is 2.30 bits per heavy atom. The van der Waals surface area contributed by atoms with Crippen LogP contribution in [0.1, 0.15) is 30.9 Å². The molecule has 0 aliphatic carbocycles. The number of fused-ring (bicyclic) bond motifs is 2. The van der Waals surface area contributed by atoms with Crippen LogP contribution in [0.3, 0.4) is 0 Å². The lowest BCUT2D eigenvalue weighted by molar-refractivity contribution is 0.393. The van der Waals surface area contributed by atoms with E-state index in [4.69, 9.17) is 4.52 Å². The number of nitrogens with one attached hydrogen (secondary N) is 3. The van der Waals surface area contributed by atoms with Crippen LogP contribution in [-0.4, -0.2) is 20.1 Å². The van der Waals surface area contributed by atoms with Gasteiger partial charge in [-0.2, -0.15) is 0 Å². The van der Waals surface area contributed by atoms with Gasteiger partial charge in [0, 0.05) is 22.7 Å².